The van der Waals surface area contributed by atoms with Crippen LogP contribution in [0.1, 0.15) is 24.0 Å². The number of nitrogens with zero attached hydrogens (tertiary/aromatic N) is 1. The van der Waals surface area contributed by atoms with Crippen molar-refractivity contribution in [3.8, 4) is 0 Å². The Morgan fingerprint density at radius 2 is 2.06 bits per heavy atom. The van der Waals surface area contributed by atoms with Gasteiger partial charge in [-0.3, -0.25) is 4.79 Å². The fourth-order valence-electron chi connectivity index (χ4n) is 2.40. The number of hydrogen-bond acceptors (Lipinski definition) is 3. The van der Waals surface area contributed by atoms with E-state index in [-0.39, 0.29) is 31.5 Å². The van der Waals surface area contributed by atoms with Crippen LogP contribution < -0.4 is 0 Å². The first-order valence-electron chi connectivity index (χ1n) is 6.14. The number of aliphatic hydroxyl groups excluding tert-OH is 1. The summed E-state index contributed by atoms with van der Waals surface area (Å²) in [6.45, 7) is 4.01. The third-order valence-corrected chi connectivity index (χ3v) is 3.60. The molecule has 0 aromatic heterocycles. The quantitative estimate of drug-likeness (QED) is 0.827. The van der Waals surface area contributed by atoms with E-state index in [0.717, 1.165) is 11.1 Å². The molecule has 1 amide bonds. The normalized spacial score (nSPS) is 19.2. The molecule has 2 rings (SSSR count). The molecule has 1 fully saturated rings. The number of benzene rings is 1. The van der Waals surface area contributed by atoms with Crippen molar-refractivity contribution in [2.24, 2.45) is 0 Å². The molecule has 1 heterocycles. The Balaban J connectivity index is 2.05. The van der Waals surface area contributed by atoms with Crippen LogP contribution in [0.2, 0.25) is 0 Å². The number of amides is 1. The number of likely N-dealkylation sites (tertiary alicyclic amines) is 1. The molecule has 1 aromatic rings. The second-order valence-corrected chi connectivity index (χ2v) is 5.16. The fourth-order valence-corrected chi connectivity index (χ4v) is 2.40. The maximum Gasteiger partial charge on any atom is 0.230 e. The molecule has 0 aliphatic carbocycles. The van der Waals surface area contributed by atoms with E-state index in [1.165, 1.54) is 0 Å². The Morgan fingerprint density at radius 1 is 1.44 bits per heavy atom. The van der Waals surface area contributed by atoms with E-state index >= 15 is 0 Å². The number of rotatable bonds is 3. The SMILES string of the molecule is Cc1ccccc1C(C)C(=O)N1CC(O)(CO)C1. The van der Waals surface area contributed by atoms with Crippen LogP contribution in [-0.2, 0) is 4.79 Å². The van der Waals surface area contributed by atoms with E-state index in [0.29, 0.717) is 0 Å². The zero-order valence-electron chi connectivity index (χ0n) is 10.8. The molecule has 1 saturated heterocycles. The number of aliphatic hydroxyl groups is 2. The van der Waals surface area contributed by atoms with Gasteiger partial charge < -0.3 is 15.1 Å². The first kappa shape index (κ1) is 13.1. The van der Waals surface area contributed by atoms with E-state index in [4.69, 9.17) is 5.11 Å². The highest BCUT2D eigenvalue weighted by Crippen LogP contribution is 2.27. The zero-order chi connectivity index (χ0) is 13.3. The van der Waals surface area contributed by atoms with Crippen LogP contribution in [0.25, 0.3) is 0 Å². The second-order valence-electron chi connectivity index (χ2n) is 5.16. The molecule has 0 saturated carbocycles. The van der Waals surface area contributed by atoms with Crippen LogP contribution in [0.3, 0.4) is 0 Å². The molecule has 2 N–H and O–H groups in total. The highest BCUT2D eigenvalue weighted by atomic mass is 16.3. The van der Waals surface area contributed by atoms with Gasteiger partial charge >= 0.3 is 0 Å². The summed E-state index contributed by atoms with van der Waals surface area (Å²) in [5.41, 5.74) is 1.01. The van der Waals surface area contributed by atoms with E-state index in [1.807, 2.05) is 38.1 Å². The molecule has 1 unspecified atom stereocenters. The summed E-state index contributed by atoms with van der Waals surface area (Å²) in [7, 11) is 0. The standard InChI is InChI=1S/C14H19NO3/c1-10-5-3-4-6-12(10)11(2)13(17)15-7-14(18,8-15)9-16/h3-6,11,16,18H,7-9H2,1-2H3. The molecule has 0 radical (unpaired) electrons. The van der Waals surface area contributed by atoms with E-state index < -0.39 is 5.60 Å². The Kier molecular flexibility index (Phi) is 3.41. The molecule has 18 heavy (non-hydrogen) atoms. The fraction of sp³-hybridized carbons (Fsp3) is 0.500. The van der Waals surface area contributed by atoms with E-state index in [2.05, 4.69) is 0 Å². The van der Waals surface area contributed by atoms with Crippen LogP contribution in [0.5, 0.6) is 0 Å². The van der Waals surface area contributed by atoms with Gasteiger partial charge in [0.2, 0.25) is 5.91 Å². The van der Waals surface area contributed by atoms with E-state index in [9.17, 15) is 9.90 Å². The largest absolute Gasteiger partial charge is 0.393 e. The minimum absolute atomic E-state index is 0.00225. The predicted octanol–water partition coefficient (Wildman–Crippen LogP) is 0.664. The zero-order valence-corrected chi connectivity index (χ0v) is 10.8. The number of carbonyl (C=O) groups is 1. The number of β-amino-alcohol motifs (C(OH)–C–C–N with tert-alkyl or cyclic N) is 1. The molecule has 0 spiro atoms. The summed E-state index contributed by atoms with van der Waals surface area (Å²) in [6.07, 6.45) is 0. The average molecular weight is 249 g/mol. The lowest BCUT2D eigenvalue weighted by Gasteiger charge is -2.46. The van der Waals surface area contributed by atoms with Gasteiger partial charge in [0, 0.05) is 0 Å². The maximum absolute atomic E-state index is 12.2. The molecular formula is C14H19NO3. The monoisotopic (exact) mass is 249 g/mol. The van der Waals surface area contributed by atoms with Crippen molar-refractivity contribution in [3.05, 3.63) is 35.4 Å². The molecule has 1 aliphatic rings. The Bertz CT molecular complexity index is 452. The van der Waals surface area contributed by atoms with Crippen molar-refractivity contribution in [2.45, 2.75) is 25.4 Å². The Labute approximate surface area is 107 Å². The number of aryl methyl sites for hydroxylation is 1. The van der Waals surface area contributed by atoms with Gasteiger partial charge in [-0.2, -0.15) is 0 Å². The van der Waals surface area contributed by atoms with Crippen LogP contribution in [0.15, 0.2) is 24.3 Å². The molecular weight excluding hydrogens is 230 g/mol. The molecule has 1 atom stereocenters. The van der Waals surface area contributed by atoms with Crippen LogP contribution in [0, 0.1) is 6.92 Å². The highest BCUT2D eigenvalue weighted by molar-refractivity contribution is 5.84. The summed E-state index contributed by atoms with van der Waals surface area (Å²) in [5, 5.41) is 18.7. The van der Waals surface area contributed by atoms with E-state index in [1.54, 1.807) is 4.90 Å². The second kappa shape index (κ2) is 4.71. The van der Waals surface area contributed by atoms with Gasteiger partial charge in [0.25, 0.3) is 0 Å². The number of carbonyl (C=O) groups excluding carboxylic acids is 1. The van der Waals surface area contributed by atoms with Gasteiger partial charge in [0.05, 0.1) is 25.6 Å². The highest BCUT2D eigenvalue weighted by Gasteiger charge is 2.44. The molecule has 4 nitrogen and oxygen atoms in total. The van der Waals surface area contributed by atoms with Crippen molar-refractivity contribution in [3.63, 3.8) is 0 Å². The van der Waals surface area contributed by atoms with Gasteiger partial charge in [-0.15, -0.1) is 0 Å². The number of hydrogen-bond donors (Lipinski definition) is 2. The Morgan fingerprint density at radius 3 is 2.61 bits per heavy atom. The molecule has 4 heteroatoms. The third kappa shape index (κ3) is 2.26. The summed E-state index contributed by atoms with van der Waals surface area (Å²) >= 11 is 0. The van der Waals surface area contributed by atoms with Gasteiger partial charge in [0.1, 0.15) is 5.60 Å². The molecule has 1 aromatic carbocycles. The minimum Gasteiger partial charge on any atom is -0.393 e. The van der Waals surface area contributed by atoms with Gasteiger partial charge in [0.15, 0.2) is 0 Å². The summed E-state index contributed by atoms with van der Waals surface area (Å²) in [6, 6.07) is 7.81. The van der Waals surface area contributed by atoms with Crippen LogP contribution in [0.4, 0.5) is 0 Å². The first-order valence-corrected chi connectivity index (χ1v) is 6.14. The van der Waals surface area contributed by atoms with Gasteiger partial charge in [-0.1, -0.05) is 24.3 Å². The van der Waals surface area contributed by atoms with Crippen molar-refractivity contribution in [1.82, 2.24) is 4.90 Å². The van der Waals surface area contributed by atoms with Crippen LogP contribution in [-0.4, -0.2) is 46.3 Å². The molecule has 1 aliphatic heterocycles. The average Bonchev–Trinajstić information content (AvgIpc) is 2.34. The van der Waals surface area contributed by atoms with Crippen LogP contribution >= 0.6 is 0 Å². The lowest BCUT2D eigenvalue weighted by Crippen LogP contribution is -2.65. The molecule has 0 bridgehead atoms. The summed E-state index contributed by atoms with van der Waals surface area (Å²) < 4.78 is 0. The Hall–Kier alpha value is -1.39. The van der Waals surface area contributed by atoms with Gasteiger partial charge in [-0.05, 0) is 25.0 Å². The predicted molar refractivity (Wildman–Crippen MR) is 68.2 cm³/mol. The summed E-state index contributed by atoms with van der Waals surface area (Å²) in [4.78, 5) is 13.8. The summed E-state index contributed by atoms with van der Waals surface area (Å²) in [5.74, 6) is -0.211. The van der Waals surface area contributed by atoms with Crippen molar-refractivity contribution in [2.75, 3.05) is 19.7 Å². The van der Waals surface area contributed by atoms with Crippen molar-refractivity contribution >= 4 is 5.91 Å². The smallest absolute Gasteiger partial charge is 0.230 e. The lowest BCUT2D eigenvalue weighted by atomic mass is 9.90. The maximum atomic E-state index is 12.2. The first-order chi connectivity index (χ1) is 8.47. The minimum atomic E-state index is -1.10. The van der Waals surface area contributed by atoms with Crippen molar-refractivity contribution < 1.29 is 15.0 Å². The topological polar surface area (TPSA) is 60.8 Å². The lowest BCUT2D eigenvalue weighted by molar-refractivity contribution is -0.163. The third-order valence-electron chi connectivity index (χ3n) is 3.60. The molecule has 98 valence electrons. The van der Waals surface area contributed by atoms with Crippen molar-refractivity contribution in [1.29, 1.82) is 0 Å². The van der Waals surface area contributed by atoms with Gasteiger partial charge in [-0.25, -0.2) is 0 Å².